The largest absolute Gasteiger partial charge is 0.496 e. The van der Waals surface area contributed by atoms with Gasteiger partial charge in [0.15, 0.2) is 5.82 Å². The highest BCUT2D eigenvalue weighted by atomic mass is 32.1. The molecule has 1 fully saturated rings. The molecule has 0 bridgehead atoms. The number of methoxy groups -OCH3 is 1. The highest BCUT2D eigenvalue weighted by Crippen LogP contribution is 2.36. The molecule has 0 unspecified atom stereocenters. The Balaban J connectivity index is 1.49. The van der Waals surface area contributed by atoms with Gasteiger partial charge in [0.25, 0.3) is 5.91 Å². The van der Waals surface area contributed by atoms with E-state index < -0.39 is 0 Å². The van der Waals surface area contributed by atoms with Crippen molar-refractivity contribution in [3.8, 4) is 17.1 Å². The Kier molecular flexibility index (Phi) is 5.36. The Bertz CT molecular complexity index is 971. The van der Waals surface area contributed by atoms with E-state index in [4.69, 9.17) is 10.5 Å². The predicted molar refractivity (Wildman–Crippen MR) is 109 cm³/mol. The summed E-state index contributed by atoms with van der Waals surface area (Å²) in [5.41, 5.74) is 7.35. The van der Waals surface area contributed by atoms with Crippen LogP contribution in [-0.4, -0.2) is 34.4 Å². The van der Waals surface area contributed by atoms with Gasteiger partial charge in [0.2, 0.25) is 0 Å². The lowest BCUT2D eigenvalue weighted by Crippen LogP contribution is -2.22. The third-order valence-corrected chi connectivity index (χ3v) is 6.20. The molecule has 6 nitrogen and oxygen atoms in total. The van der Waals surface area contributed by atoms with Gasteiger partial charge in [-0.25, -0.2) is 9.97 Å². The van der Waals surface area contributed by atoms with Crippen LogP contribution < -0.4 is 10.5 Å². The molecular weight excluding hydrogens is 372 g/mol. The summed E-state index contributed by atoms with van der Waals surface area (Å²) in [7, 11) is 1.65. The molecule has 3 heterocycles. The Morgan fingerprint density at radius 1 is 1.25 bits per heavy atom. The maximum Gasteiger partial charge on any atom is 0.258 e. The molecule has 4 rings (SSSR count). The zero-order valence-electron chi connectivity index (χ0n) is 15.7. The zero-order chi connectivity index (χ0) is 19.5. The average Bonchev–Trinajstić information content (AvgIpc) is 3.38. The van der Waals surface area contributed by atoms with Crippen molar-refractivity contribution < 1.29 is 9.53 Å². The number of carbonyl (C=O) groups excluding carboxylic acids is 1. The highest BCUT2D eigenvalue weighted by molar-refractivity contribution is 7.14. The van der Waals surface area contributed by atoms with E-state index in [2.05, 4.69) is 14.9 Å². The van der Waals surface area contributed by atoms with Crippen molar-refractivity contribution in [2.24, 2.45) is 5.73 Å². The van der Waals surface area contributed by atoms with Crippen LogP contribution in [0.5, 0.6) is 5.75 Å². The van der Waals surface area contributed by atoms with E-state index in [-0.39, 0.29) is 5.91 Å². The second kappa shape index (κ2) is 8.08. The SMILES string of the molecule is COc1ccccc1-c1ncc(CN2CCC[C@H]2c2ccc(C(N)=O)s2)cn1. The maximum absolute atomic E-state index is 11.4. The molecule has 28 heavy (non-hydrogen) atoms. The van der Waals surface area contributed by atoms with Gasteiger partial charge in [-0.1, -0.05) is 12.1 Å². The van der Waals surface area contributed by atoms with Gasteiger partial charge < -0.3 is 10.5 Å². The summed E-state index contributed by atoms with van der Waals surface area (Å²) in [6, 6.07) is 11.9. The van der Waals surface area contributed by atoms with Crippen molar-refractivity contribution in [3.63, 3.8) is 0 Å². The number of likely N-dealkylation sites (tertiary alicyclic amines) is 1. The Labute approximate surface area is 168 Å². The second-order valence-corrected chi connectivity index (χ2v) is 7.93. The van der Waals surface area contributed by atoms with Crippen LogP contribution in [0, 0.1) is 0 Å². The van der Waals surface area contributed by atoms with Crippen molar-refractivity contribution in [1.29, 1.82) is 0 Å². The van der Waals surface area contributed by atoms with E-state index >= 15 is 0 Å². The number of nitrogens with two attached hydrogens (primary N) is 1. The standard InChI is InChI=1S/C21H22N4O2S/c1-27-17-7-3-2-5-15(17)21-23-11-14(12-24-21)13-25-10-4-6-16(25)18-8-9-19(28-18)20(22)26/h2-3,5,7-9,11-12,16H,4,6,10,13H2,1H3,(H2,22,26)/t16-/m0/s1. The summed E-state index contributed by atoms with van der Waals surface area (Å²) in [4.78, 5) is 24.7. The second-order valence-electron chi connectivity index (χ2n) is 6.81. The lowest BCUT2D eigenvalue weighted by Gasteiger charge is -2.23. The third kappa shape index (κ3) is 3.76. The molecule has 3 aromatic rings. The number of primary amides is 1. The Morgan fingerprint density at radius 3 is 2.75 bits per heavy atom. The van der Waals surface area contributed by atoms with Crippen molar-refractivity contribution in [3.05, 3.63) is 64.1 Å². The first-order chi connectivity index (χ1) is 13.7. The first kappa shape index (κ1) is 18.6. The minimum absolute atomic E-state index is 0.312. The Hall–Kier alpha value is -2.77. The molecule has 1 saturated heterocycles. The molecule has 0 radical (unpaired) electrons. The molecule has 0 saturated carbocycles. The quantitative estimate of drug-likeness (QED) is 0.690. The molecule has 1 aliphatic rings. The number of para-hydroxylation sites is 1. The molecule has 1 aromatic carbocycles. The number of benzene rings is 1. The Morgan fingerprint density at radius 2 is 2.04 bits per heavy atom. The van der Waals surface area contributed by atoms with Gasteiger partial charge in [0.1, 0.15) is 5.75 Å². The van der Waals surface area contributed by atoms with E-state index in [0.29, 0.717) is 16.7 Å². The van der Waals surface area contributed by atoms with Crippen molar-refractivity contribution >= 4 is 17.2 Å². The summed E-state index contributed by atoms with van der Waals surface area (Å²) in [6.45, 7) is 1.80. The van der Waals surface area contributed by atoms with Crippen molar-refractivity contribution in [2.45, 2.75) is 25.4 Å². The number of carbonyl (C=O) groups is 1. The first-order valence-corrected chi connectivity index (χ1v) is 10.1. The summed E-state index contributed by atoms with van der Waals surface area (Å²) < 4.78 is 5.40. The van der Waals surface area contributed by atoms with Crippen LogP contribution in [0.3, 0.4) is 0 Å². The van der Waals surface area contributed by atoms with Crippen LogP contribution in [0.4, 0.5) is 0 Å². The number of rotatable bonds is 6. The van der Waals surface area contributed by atoms with Gasteiger partial charge in [-0.15, -0.1) is 11.3 Å². The average molecular weight is 395 g/mol. The van der Waals surface area contributed by atoms with E-state index in [1.165, 1.54) is 16.2 Å². The molecule has 1 amide bonds. The van der Waals surface area contributed by atoms with Crippen LogP contribution in [-0.2, 0) is 6.54 Å². The van der Waals surface area contributed by atoms with Crippen LogP contribution in [0.1, 0.15) is 39.0 Å². The van der Waals surface area contributed by atoms with Gasteiger partial charge >= 0.3 is 0 Å². The van der Waals surface area contributed by atoms with Gasteiger partial charge in [-0.2, -0.15) is 0 Å². The van der Waals surface area contributed by atoms with Crippen LogP contribution in [0.2, 0.25) is 0 Å². The highest BCUT2D eigenvalue weighted by Gasteiger charge is 2.27. The van der Waals surface area contributed by atoms with Gasteiger partial charge in [0.05, 0.1) is 17.6 Å². The van der Waals surface area contributed by atoms with Crippen molar-refractivity contribution in [1.82, 2.24) is 14.9 Å². The lowest BCUT2D eigenvalue weighted by molar-refractivity contribution is 0.100. The minimum Gasteiger partial charge on any atom is -0.496 e. The molecule has 1 atom stereocenters. The van der Waals surface area contributed by atoms with E-state index in [9.17, 15) is 4.79 Å². The van der Waals surface area contributed by atoms with Crippen LogP contribution in [0.25, 0.3) is 11.4 Å². The predicted octanol–water partition coefficient (Wildman–Crippen LogP) is 3.65. The fraction of sp³-hybridized carbons (Fsp3) is 0.286. The molecule has 7 heteroatoms. The van der Waals surface area contributed by atoms with Crippen LogP contribution >= 0.6 is 11.3 Å². The van der Waals surface area contributed by atoms with Crippen LogP contribution in [0.15, 0.2) is 48.8 Å². The van der Waals surface area contributed by atoms with E-state index in [1.54, 1.807) is 7.11 Å². The molecule has 144 valence electrons. The number of ether oxygens (including phenoxy) is 1. The molecule has 2 N–H and O–H groups in total. The normalized spacial score (nSPS) is 17.0. The fourth-order valence-corrected chi connectivity index (χ4v) is 4.67. The number of amides is 1. The number of nitrogens with zero attached hydrogens (tertiary/aromatic N) is 3. The zero-order valence-corrected chi connectivity index (χ0v) is 16.5. The third-order valence-electron chi connectivity index (χ3n) is 5.00. The van der Waals surface area contributed by atoms with Gasteiger partial charge in [-0.3, -0.25) is 9.69 Å². The molecule has 0 aliphatic carbocycles. The minimum atomic E-state index is -0.360. The lowest BCUT2D eigenvalue weighted by atomic mass is 10.1. The van der Waals surface area contributed by atoms with Crippen molar-refractivity contribution in [2.75, 3.05) is 13.7 Å². The molecule has 0 spiro atoms. The smallest absolute Gasteiger partial charge is 0.258 e. The monoisotopic (exact) mass is 394 g/mol. The molecule has 1 aliphatic heterocycles. The van der Waals surface area contributed by atoms with Gasteiger partial charge in [-0.05, 0) is 43.7 Å². The number of hydrogen-bond donors (Lipinski definition) is 1. The number of thiophene rings is 1. The molecule has 2 aromatic heterocycles. The topological polar surface area (TPSA) is 81.3 Å². The molecular formula is C21H22N4O2S. The van der Waals surface area contributed by atoms with E-state index in [1.807, 2.05) is 48.8 Å². The van der Waals surface area contributed by atoms with E-state index in [0.717, 1.165) is 42.8 Å². The fourth-order valence-electron chi connectivity index (χ4n) is 3.64. The number of aromatic nitrogens is 2. The summed E-state index contributed by atoms with van der Waals surface area (Å²) in [5, 5.41) is 0. The van der Waals surface area contributed by atoms with Gasteiger partial charge in [0, 0.05) is 35.4 Å². The summed E-state index contributed by atoms with van der Waals surface area (Å²) in [5.74, 6) is 1.06. The summed E-state index contributed by atoms with van der Waals surface area (Å²) in [6.07, 6.45) is 5.98. The maximum atomic E-state index is 11.4. The first-order valence-electron chi connectivity index (χ1n) is 9.23. The summed E-state index contributed by atoms with van der Waals surface area (Å²) >= 11 is 1.50. The number of hydrogen-bond acceptors (Lipinski definition) is 6.